The number of benzene rings is 1. The molecule has 0 fully saturated rings. The minimum absolute atomic E-state index is 0.188. The van der Waals surface area contributed by atoms with Crippen LogP contribution in [0.5, 0.6) is 0 Å². The quantitative estimate of drug-likeness (QED) is 0.724. The van der Waals surface area contributed by atoms with E-state index in [1.165, 1.54) is 11.6 Å². The van der Waals surface area contributed by atoms with Crippen molar-refractivity contribution in [3.8, 4) is 0 Å². The Hall–Kier alpha value is -1.31. The standard InChI is InChI=1S/C12H16FN/c1-9(2)6-7-14-12-5-4-10(3)8-11(12)13/h4-6,8,14H,7H2,1-3H3. The van der Waals surface area contributed by atoms with Crippen LogP contribution in [0.2, 0.25) is 0 Å². The fraction of sp³-hybridized carbons (Fsp3) is 0.333. The SMILES string of the molecule is CC(C)=CCNc1ccc(C)cc1F. The third-order valence-corrected chi connectivity index (χ3v) is 1.93. The summed E-state index contributed by atoms with van der Waals surface area (Å²) >= 11 is 0. The number of halogens is 1. The molecule has 0 atom stereocenters. The van der Waals surface area contributed by atoms with Crippen molar-refractivity contribution in [1.29, 1.82) is 0 Å². The zero-order valence-electron chi connectivity index (χ0n) is 8.89. The molecular weight excluding hydrogens is 177 g/mol. The molecule has 1 rings (SSSR count). The maximum absolute atomic E-state index is 13.3. The van der Waals surface area contributed by atoms with E-state index in [0.717, 1.165) is 5.56 Å². The predicted octanol–water partition coefficient (Wildman–Crippen LogP) is 3.51. The number of hydrogen-bond donors (Lipinski definition) is 1. The minimum Gasteiger partial charge on any atom is -0.379 e. The molecule has 0 saturated carbocycles. The zero-order chi connectivity index (χ0) is 10.6. The molecule has 1 aromatic carbocycles. The highest BCUT2D eigenvalue weighted by molar-refractivity contribution is 5.46. The van der Waals surface area contributed by atoms with E-state index in [4.69, 9.17) is 0 Å². The molecule has 0 spiro atoms. The van der Waals surface area contributed by atoms with Crippen molar-refractivity contribution in [3.63, 3.8) is 0 Å². The van der Waals surface area contributed by atoms with Crippen LogP contribution in [0.1, 0.15) is 19.4 Å². The van der Waals surface area contributed by atoms with Crippen LogP contribution in [0.4, 0.5) is 10.1 Å². The lowest BCUT2D eigenvalue weighted by Crippen LogP contribution is -2.01. The Bertz CT molecular complexity index is 338. The average molecular weight is 193 g/mol. The van der Waals surface area contributed by atoms with E-state index in [1.807, 2.05) is 32.9 Å². The average Bonchev–Trinajstić information content (AvgIpc) is 2.08. The second-order valence-electron chi connectivity index (χ2n) is 3.65. The lowest BCUT2D eigenvalue weighted by molar-refractivity contribution is 0.629. The second-order valence-corrected chi connectivity index (χ2v) is 3.65. The summed E-state index contributed by atoms with van der Waals surface area (Å²) in [5, 5.41) is 3.02. The van der Waals surface area contributed by atoms with E-state index in [-0.39, 0.29) is 5.82 Å². The Morgan fingerprint density at radius 2 is 2.14 bits per heavy atom. The van der Waals surface area contributed by atoms with Crippen LogP contribution in [-0.2, 0) is 0 Å². The van der Waals surface area contributed by atoms with Crippen molar-refractivity contribution in [2.75, 3.05) is 11.9 Å². The molecule has 0 amide bonds. The Morgan fingerprint density at radius 3 is 2.71 bits per heavy atom. The maximum Gasteiger partial charge on any atom is 0.146 e. The Labute approximate surface area is 84.6 Å². The molecule has 2 heteroatoms. The molecule has 0 aliphatic carbocycles. The normalized spacial score (nSPS) is 9.71. The molecule has 0 aliphatic rings. The third kappa shape index (κ3) is 3.21. The monoisotopic (exact) mass is 193 g/mol. The molecule has 0 saturated heterocycles. The highest BCUT2D eigenvalue weighted by Crippen LogP contribution is 2.14. The van der Waals surface area contributed by atoms with E-state index in [9.17, 15) is 4.39 Å². The van der Waals surface area contributed by atoms with Crippen LogP contribution in [0.3, 0.4) is 0 Å². The lowest BCUT2D eigenvalue weighted by Gasteiger charge is -2.05. The first-order chi connectivity index (χ1) is 6.59. The van der Waals surface area contributed by atoms with Gasteiger partial charge in [-0.1, -0.05) is 17.7 Å². The van der Waals surface area contributed by atoms with Gasteiger partial charge in [0.1, 0.15) is 5.82 Å². The third-order valence-electron chi connectivity index (χ3n) is 1.93. The number of nitrogens with one attached hydrogen (secondary N) is 1. The molecule has 0 unspecified atom stereocenters. The van der Waals surface area contributed by atoms with Crippen LogP contribution in [0.15, 0.2) is 29.8 Å². The molecule has 0 radical (unpaired) electrons. The fourth-order valence-electron chi connectivity index (χ4n) is 1.13. The first-order valence-corrected chi connectivity index (χ1v) is 4.73. The van der Waals surface area contributed by atoms with E-state index >= 15 is 0 Å². The van der Waals surface area contributed by atoms with Gasteiger partial charge in [-0.3, -0.25) is 0 Å². The van der Waals surface area contributed by atoms with Gasteiger partial charge in [0.15, 0.2) is 0 Å². The van der Waals surface area contributed by atoms with Gasteiger partial charge in [0.25, 0.3) is 0 Å². The second kappa shape index (κ2) is 4.80. The van der Waals surface area contributed by atoms with Crippen molar-refractivity contribution in [1.82, 2.24) is 0 Å². The molecule has 76 valence electrons. The number of allylic oxidation sites excluding steroid dienone is 1. The topological polar surface area (TPSA) is 12.0 Å². The summed E-state index contributed by atoms with van der Waals surface area (Å²) in [7, 11) is 0. The van der Waals surface area contributed by atoms with E-state index in [2.05, 4.69) is 5.32 Å². The summed E-state index contributed by atoms with van der Waals surface area (Å²) < 4.78 is 13.3. The number of aryl methyl sites for hydroxylation is 1. The van der Waals surface area contributed by atoms with Gasteiger partial charge in [-0.2, -0.15) is 0 Å². The molecule has 0 heterocycles. The summed E-state index contributed by atoms with van der Waals surface area (Å²) in [4.78, 5) is 0. The molecular formula is C12H16FN. The Morgan fingerprint density at radius 1 is 1.43 bits per heavy atom. The smallest absolute Gasteiger partial charge is 0.146 e. The molecule has 1 nitrogen and oxygen atoms in total. The van der Waals surface area contributed by atoms with Crippen molar-refractivity contribution >= 4 is 5.69 Å². The van der Waals surface area contributed by atoms with Crippen molar-refractivity contribution in [2.45, 2.75) is 20.8 Å². The molecule has 0 aliphatic heterocycles. The summed E-state index contributed by atoms with van der Waals surface area (Å²) in [6.45, 7) is 6.59. The summed E-state index contributed by atoms with van der Waals surface area (Å²) in [5.74, 6) is -0.188. The molecule has 1 aromatic rings. The van der Waals surface area contributed by atoms with Gasteiger partial charge in [-0.25, -0.2) is 4.39 Å². The maximum atomic E-state index is 13.3. The van der Waals surface area contributed by atoms with Crippen LogP contribution >= 0.6 is 0 Å². The minimum atomic E-state index is -0.188. The van der Waals surface area contributed by atoms with Gasteiger partial charge in [-0.15, -0.1) is 0 Å². The van der Waals surface area contributed by atoms with Crippen LogP contribution in [-0.4, -0.2) is 6.54 Å². The summed E-state index contributed by atoms with van der Waals surface area (Å²) in [6, 6.07) is 5.20. The number of hydrogen-bond acceptors (Lipinski definition) is 1. The first-order valence-electron chi connectivity index (χ1n) is 4.73. The van der Waals surface area contributed by atoms with Gasteiger partial charge < -0.3 is 5.32 Å². The van der Waals surface area contributed by atoms with Crippen molar-refractivity contribution in [3.05, 3.63) is 41.2 Å². The highest BCUT2D eigenvalue weighted by Gasteiger charge is 1.99. The van der Waals surface area contributed by atoms with Crippen molar-refractivity contribution < 1.29 is 4.39 Å². The van der Waals surface area contributed by atoms with E-state index < -0.39 is 0 Å². The van der Waals surface area contributed by atoms with Gasteiger partial charge >= 0.3 is 0 Å². The number of anilines is 1. The van der Waals surface area contributed by atoms with Crippen molar-refractivity contribution in [2.24, 2.45) is 0 Å². The van der Waals surface area contributed by atoms with Gasteiger partial charge in [-0.05, 0) is 38.5 Å². The largest absolute Gasteiger partial charge is 0.379 e. The summed E-state index contributed by atoms with van der Waals surface area (Å²) in [5.41, 5.74) is 2.73. The predicted molar refractivity (Wildman–Crippen MR) is 59.1 cm³/mol. The fourth-order valence-corrected chi connectivity index (χ4v) is 1.13. The first kappa shape index (κ1) is 10.8. The Balaban J connectivity index is 2.64. The molecule has 1 N–H and O–H groups in total. The Kier molecular flexibility index (Phi) is 3.69. The zero-order valence-corrected chi connectivity index (χ0v) is 8.89. The van der Waals surface area contributed by atoms with Crippen LogP contribution < -0.4 is 5.32 Å². The molecule has 0 bridgehead atoms. The molecule has 0 aromatic heterocycles. The lowest BCUT2D eigenvalue weighted by atomic mass is 10.2. The van der Waals surface area contributed by atoms with E-state index in [0.29, 0.717) is 12.2 Å². The molecule has 14 heavy (non-hydrogen) atoms. The summed E-state index contributed by atoms with van der Waals surface area (Å²) in [6.07, 6.45) is 2.03. The van der Waals surface area contributed by atoms with E-state index in [1.54, 1.807) is 6.07 Å². The van der Waals surface area contributed by atoms with Gasteiger partial charge in [0, 0.05) is 6.54 Å². The van der Waals surface area contributed by atoms with Crippen LogP contribution in [0, 0.1) is 12.7 Å². The van der Waals surface area contributed by atoms with Gasteiger partial charge in [0.2, 0.25) is 0 Å². The van der Waals surface area contributed by atoms with Crippen LogP contribution in [0.25, 0.3) is 0 Å². The highest BCUT2D eigenvalue weighted by atomic mass is 19.1. The number of rotatable bonds is 3. The van der Waals surface area contributed by atoms with Gasteiger partial charge in [0.05, 0.1) is 5.69 Å².